The van der Waals surface area contributed by atoms with Gasteiger partial charge >= 0.3 is 5.97 Å². The van der Waals surface area contributed by atoms with Crippen LogP contribution in [0.15, 0.2) is 6.07 Å². The third-order valence-corrected chi connectivity index (χ3v) is 2.99. The molecule has 112 valence electrons. The molecule has 0 aliphatic carbocycles. The van der Waals surface area contributed by atoms with E-state index >= 15 is 0 Å². The van der Waals surface area contributed by atoms with Crippen LogP contribution in [-0.2, 0) is 9.53 Å². The third kappa shape index (κ3) is 3.08. The number of esters is 1. The van der Waals surface area contributed by atoms with Crippen LogP contribution in [0.25, 0.3) is 0 Å². The molecule has 1 aromatic carbocycles. The van der Waals surface area contributed by atoms with Crippen molar-refractivity contribution in [1.82, 2.24) is 0 Å². The fraction of sp³-hybridized carbons (Fsp3) is 0.462. The second-order valence-corrected chi connectivity index (χ2v) is 4.07. The molecule has 0 spiro atoms. The van der Waals surface area contributed by atoms with Crippen molar-refractivity contribution in [3.05, 3.63) is 16.7 Å². The van der Waals surface area contributed by atoms with Gasteiger partial charge in [-0.05, 0) is 6.92 Å². The van der Waals surface area contributed by atoms with Crippen LogP contribution in [0.3, 0.4) is 0 Å². The molecule has 1 N–H and O–H groups in total. The zero-order chi connectivity index (χ0) is 15.3. The summed E-state index contributed by atoms with van der Waals surface area (Å²) >= 11 is 6.16. The minimum atomic E-state index is -1.57. The summed E-state index contributed by atoms with van der Waals surface area (Å²) in [7, 11) is 4.23. The third-order valence-electron chi connectivity index (χ3n) is 2.61. The Labute approximate surface area is 122 Å². The average Bonchev–Trinajstić information content (AvgIpc) is 2.45. The van der Waals surface area contributed by atoms with Gasteiger partial charge < -0.3 is 24.1 Å². The Bertz CT molecular complexity index is 488. The molecule has 0 aromatic heterocycles. The second kappa shape index (κ2) is 7.21. The van der Waals surface area contributed by atoms with Crippen LogP contribution in [0, 0.1) is 0 Å². The van der Waals surface area contributed by atoms with Gasteiger partial charge in [-0.1, -0.05) is 11.6 Å². The lowest BCUT2D eigenvalue weighted by atomic mass is 10.1. The van der Waals surface area contributed by atoms with Crippen molar-refractivity contribution in [3.8, 4) is 17.2 Å². The van der Waals surface area contributed by atoms with Crippen LogP contribution < -0.4 is 14.2 Å². The predicted molar refractivity (Wildman–Crippen MR) is 72.7 cm³/mol. The topological polar surface area (TPSA) is 74.2 Å². The fourth-order valence-electron chi connectivity index (χ4n) is 1.71. The van der Waals surface area contributed by atoms with E-state index in [0.29, 0.717) is 5.75 Å². The lowest BCUT2D eigenvalue weighted by Crippen LogP contribution is -2.17. The number of benzene rings is 1. The summed E-state index contributed by atoms with van der Waals surface area (Å²) in [6.07, 6.45) is -1.57. The van der Waals surface area contributed by atoms with Gasteiger partial charge in [0.25, 0.3) is 0 Å². The molecule has 1 atom stereocenters. The van der Waals surface area contributed by atoms with Crippen LogP contribution in [0.2, 0.25) is 5.02 Å². The lowest BCUT2D eigenvalue weighted by molar-refractivity contribution is -0.153. The molecular formula is C13H17ClO6. The molecule has 7 heteroatoms. The van der Waals surface area contributed by atoms with Crippen LogP contribution in [0.5, 0.6) is 17.2 Å². The molecule has 1 rings (SSSR count). The number of hydrogen-bond acceptors (Lipinski definition) is 6. The van der Waals surface area contributed by atoms with Crippen molar-refractivity contribution in [2.24, 2.45) is 0 Å². The van der Waals surface area contributed by atoms with Crippen molar-refractivity contribution in [2.75, 3.05) is 27.9 Å². The second-order valence-electron chi connectivity index (χ2n) is 3.70. The Balaban J connectivity index is 3.40. The predicted octanol–water partition coefficient (Wildman–Crippen LogP) is 1.96. The average molecular weight is 305 g/mol. The maximum atomic E-state index is 11.7. The summed E-state index contributed by atoms with van der Waals surface area (Å²) in [5.74, 6) is -0.0874. The van der Waals surface area contributed by atoms with Gasteiger partial charge in [0.2, 0.25) is 0 Å². The molecule has 0 bridgehead atoms. The normalized spacial score (nSPS) is 11.7. The van der Waals surface area contributed by atoms with E-state index in [0.717, 1.165) is 0 Å². The molecule has 0 radical (unpaired) electrons. The summed E-state index contributed by atoms with van der Waals surface area (Å²) in [5.41, 5.74) is 0.0743. The quantitative estimate of drug-likeness (QED) is 0.810. The molecule has 20 heavy (non-hydrogen) atoms. The van der Waals surface area contributed by atoms with Crippen molar-refractivity contribution in [3.63, 3.8) is 0 Å². The van der Waals surface area contributed by atoms with E-state index < -0.39 is 12.1 Å². The van der Waals surface area contributed by atoms with E-state index in [4.69, 9.17) is 30.5 Å². The molecule has 0 heterocycles. The maximum Gasteiger partial charge on any atom is 0.339 e. The van der Waals surface area contributed by atoms with Gasteiger partial charge in [0, 0.05) is 6.07 Å². The molecule has 6 nitrogen and oxygen atoms in total. The zero-order valence-corrected chi connectivity index (χ0v) is 12.5. The number of methoxy groups -OCH3 is 3. The minimum Gasteiger partial charge on any atom is -0.496 e. The first-order valence-electron chi connectivity index (χ1n) is 5.84. The highest BCUT2D eigenvalue weighted by molar-refractivity contribution is 6.33. The zero-order valence-electron chi connectivity index (χ0n) is 11.7. The summed E-state index contributed by atoms with van der Waals surface area (Å²) in [5, 5.41) is 10.1. The molecule has 1 unspecified atom stereocenters. The maximum absolute atomic E-state index is 11.7. The Morgan fingerprint density at radius 3 is 2.30 bits per heavy atom. The van der Waals surface area contributed by atoms with Gasteiger partial charge in [-0.25, -0.2) is 4.79 Å². The number of rotatable bonds is 6. The lowest BCUT2D eigenvalue weighted by Gasteiger charge is -2.19. The first-order chi connectivity index (χ1) is 9.51. The Morgan fingerprint density at radius 2 is 1.85 bits per heavy atom. The van der Waals surface area contributed by atoms with Gasteiger partial charge in [0.1, 0.15) is 5.75 Å². The van der Waals surface area contributed by atoms with Gasteiger partial charge in [-0.15, -0.1) is 0 Å². The molecular weight excluding hydrogens is 288 g/mol. The summed E-state index contributed by atoms with van der Waals surface area (Å²) < 4.78 is 20.1. The van der Waals surface area contributed by atoms with Gasteiger partial charge in [-0.2, -0.15) is 0 Å². The van der Waals surface area contributed by atoms with Crippen LogP contribution in [-0.4, -0.2) is 39.0 Å². The number of carbonyl (C=O) groups is 1. The first-order valence-corrected chi connectivity index (χ1v) is 6.22. The van der Waals surface area contributed by atoms with E-state index in [9.17, 15) is 9.90 Å². The van der Waals surface area contributed by atoms with Crippen molar-refractivity contribution in [1.29, 1.82) is 0 Å². The number of halogens is 1. The Hall–Kier alpha value is -1.66. The number of hydrogen-bond donors (Lipinski definition) is 1. The van der Waals surface area contributed by atoms with Crippen molar-refractivity contribution >= 4 is 17.6 Å². The highest BCUT2D eigenvalue weighted by Gasteiger charge is 2.29. The monoisotopic (exact) mass is 304 g/mol. The van der Waals surface area contributed by atoms with Gasteiger partial charge in [0.05, 0.1) is 38.5 Å². The Morgan fingerprint density at radius 1 is 1.25 bits per heavy atom. The molecule has 1 aromatic rings. The molecule has 0 amide bonds. The highest BCUT2D eigenvalue weighted by Crippen LogP contribution is 2.45. The van der Waals surface area contributed by atoms with Crippen LogP contribution >= 0.6 is 11.6 Å². The van der Waals surface area contributed by atoms with Crippen molar-refractivity contribution < 1.29 is 28.8 Å². The van der Waals surface area contributed by atoms with E-state index in [1.54, 1.807) is 6.92 Å². The molecule has 0 aliphatic heterocycles. The highest BCUT2D eigenvalue weighted by atomic mass is 35.5. The molecule has 0 saturated heterocycles. The van der Waals surface area contributed by atoms with E-state index in [-0.39, 0.29) is 28.7 Å². The minimum absolute atomic E-state index is 0.0317. The summed E-state index contributed by atoms with van der Waals surface area (Å²) in [4.78, 5) is 11.7. The SMILES string of the molecule is CCOC(=O)C(O)c1c(OC)cc(OC)c(OC)c1Cl. The molecule has 0 aliphatic rings. The Kier molecular flexibility index (Phi) is 5.91. The van der Waals surface area contributed by atoms with Gasteiger partial charge in [0.15, 0.2) is 17.6 Å². The van der Waals surface area contributed by atoms with E-state index in [2.05, 4.69) is 0 Å². The van der Waals surface area contributed by atoms with E-state index in [1.165, 1.54) is 27.4 Å². The number of ether oxygens (including phenoxy) is 4. The standard InChI is InChI=1S/C13H17ClO6/c1-5-20-13(16)11(15)9-7(17-2)6-8(18-3)12(19-4)10(9)14/h6,11,15H,5H2,1-4H3. The van der Waals surface area contributed by atoms with Crippen molar-refractivity contribution in [2.45, 2.75) is 13.0 Å². The van der Waals surface area contributed by atoms with Gasteiger partial charge in [-0.3, -0.25) is 0 Å². The molecule has 0 saturated carbocycles. The number of aliphatic hydroxyl groups is 1. The smallest absolute Gasteiger partial charge is 0.339 e. The summed E-state index contributed by atoms with van der Waals surface area (Å²) in [6.45, 7) is 1.78. The number of carbonyl (C=O) groups excluding carboxylic acids is 1. The van der Waals surface area contributed by atoms with E-state index in [1.807, 2.05) is 0 Å². The largest absolute Gasteiger partial charge is 0.496 e. The first kappa shape index (κ1) is 16.4. The van der Waals surface area contributed by atoms with Crippen LogP contribution in [0.1, 0.15) is 18.6 Å². The molecule has 0 fully saturated rings. The fourth-order valence-corrected chi connectivity index (χ4v) is 2.07. The number of aliphatic hydroxyl groups excluding tert-OH is 1. The summed E-state index contributed by atoms with van der Waals surface area (Å²) in [6, 6.07) is 1.47. The van der Waals surface area contributed by atoms with Crippen LogP contribution in [0.4, 0.5) is 0 Å².